The summed E-state index contributed by atoms with van der Waals surface area (Å²) in [5.74, 6) is -2.48. The van der Waals surface area contributed by atoms with Crippen LogP contribution >= 0.6 is 0 Å². The Morgan fingerprint density at radius 1 is 1.24 bits per heavy atom. The van der Waals surface area contributed by atoms with Gasteiger partial charge in [-0.25, -0.2) is 14.1 Å². The number of hydrogen-bond acceptors (Lipinski definition) is 3. The molecule has 1 aliphatic heterocycles. The van der Waals surface area contributed by atoms with Gasteiger partial charge in [-0.2, -0.15) is 0 Å². The van der Waals surface area contributed by atoms with Crippen molar-refractivity contribution in [2.24, 2.45) is 0 Å². The van der Waals surface area contributed by atoms with Crippen LogP contribution < -0.4 is 5.32 Å². The minimum Gasteiger partial charge on any atom is -0.269 e. The zero-order valence-corrected chi connectivity index (χ0v) is 8.94. The van der Waals surface area contributed by atoms with E-state index in [1.165, 1.54) is 25.1 Å². The monoisotopic (exact) mass is 236 g/mol. The average Bonchev–Trinajstić information content (AvgIpc) is 2.53. The predicted octanol–water partition coefficient (Wildman–Crippen LogP) is 0.965. The van der Waals surface area contributed by atoms with Crippen molar-refractivity contribution in [3.63, 3.8) is 0 Å². The first-order chi connectivity index (χ1) is 8.02. The van der Waals surface area contributed by atoms with Crippen LogP contribution in [0, 0.1) is 5.82 Å². The van der Waals surface area contributed by atoms with Gasteiger partial charge in [0.25, 0.3) is 0 Å². The number of carbonyl (C=O) groups excluding carboxylic acids is 3. The molecular formula is C11H9FN2O3. The first kappa shape index (κ1) is 11.3. The summed E-state index contributed by atoms with van der Waals surface area (Å²) in [6.07, 6.45) is 0. The molecule has 1 atom stereocenters. The third-order valence-electron chi connectivity index (χ3n) is 2.59. The van der Waals surface area contributed by atoms with Crippen LogP contribution in [0.1, 0.15) is 18.5 Å². The van der Waals surface area contributed by atoms with Crippen molar-refractivity contribution in [2.75, 3.05) is 0 Å². The highest BCUT2D eigenvalue weighted by atomic mass is 19.1. The quantitative estimate of drug-likeness (QED) is 0.614. The average molecular weight is 236 g/mol. The van der Waals surface area contributed by atoms with Crippen molar-refractivity contribution in [3.05, 3.63) is 35.6 Å². The van der Waals surface area contributed by atoms with Gasteiger partial charge in [0.05, 0.1) is 6.04 Å². The Morgan fingerprint density at radius 3 is 2.41 bits per heavy atom. The topological polar surface area (TPSA) is 66.5 Å². The van der Waals surface area contributed by atoms with E-state index >= 15 is 0 Å². The molecule has 0 aliphatic carbocycles. The molecule has 1 aromatic rings. The third kappa shape index (κ3) is 1.77. The number of carbonyl (C=O) groups is 3. The molecule has 1 heterocycles. The summed E-state index contributed by atoms with van der Waals surface area (Å²) in [6, 6.07) is 4.14. The Kier molecular flexibility index (Phi) is 2.63. The molecule has 17 heavy (non-hydrogen) atoms. The van der Waals surface area contributed by atoms with Gasteiger partial charge in [0.1, 0.15) is 5.82 Å². The van der Waals surface area contributed by atoms with Crippen LogP contribution in [0.5, 0.6) is 0 Å². The number of nitrogens with one attached hydrogen (secondary N) is 1. The third-order valence-corrected chi connectivity index (χ3v) is 2.59. The number of nitrogens with zero attached hydrogens (tertiary/aromatic N) is 1. The predicted molar refractivity (Wildman–Crippen MR) is 55.2 cm³/mol. The Balaban J connectivity index is 2.36. The smallest absolute Gasteiger partial charge is 0.269 e. The summed E-state index contributed by atoms with van der Waals surface area (Å²) in [5.41, 5.74) is 0.186. The van der Waals surface area contributed by atoms with E-state index in [4.69, 9.17) is 0 Å². The fourth-order valence-electron chi connectivity index (χ4n) is 1.72. The molecule has 6 heteroatoms. The number of imide groups is 2. The Morgan fingerprint density at radius 2 is 1.88 bits per heavy atom. The highest BCUT2D eigenvalue weighted by molar-refractivity contribution is 6.44. The summed E-state index contributed by atoms with van der Waals surface area (Å²) < 4.78 is 13.5. The second-order valence-corrected chi connectivity index (χ2v) is 3.63. The number of rotatable bonds is 2. The van der Waals surface area contributed by atoms with E-state index in [-0.39, 0.29) is 5.56 Å². The van der Waals surface area contributed by atoms with E-state index in [0.717, 1.165) is 0 Å². The van der Waals surface area contributed by atoms with Crippen molar-refractivity contribution >= 4 is 17.8 Å². The van der Waals surface area contributed by atoms with Crippen LogP contribution in [0.25, 0.3) is 0 Å². The van der Waals surface area contributed by atoms with Crippen LogP contribution in [-0.2, 0) is 9.59 Å². The maximum Gasteiger partial charge on any atom is 0.332 e. The normalized spacial score (nSPS) is 17.3. The van der Waals surface area contributed by atoms with Gasteiger partial charge in [-0.05, 0) is 13.0 Å². The van der Waals surface area contributed by atoms with Gasteiger partial charge < -0.3 is 0 Å². The number of amides is 4. The zero-order chi connectivity index (χ0) is 12.6. The fourth-order valence-corrected chi connectivity index (χ4v) is 1.72. The first-order valence-corrected chi connectivity index (χ1v) is 4.95. The summed E-state index contributed by atoms with van der Waals surface area (Å²) in [6.45, 7) is 1.48. The lowest BCUT2D eigenvalue weighted by atomic mass is 10.1. The van der Waals surface area contributed by atoms with Crippen molar-refractivity contribution in [2.45, 2.75) is 13.0 Å². The van der Waals surface area contributed by atoms with Gasteiger partial charge in [0.2, 0.25) is 0 Å². The summed E-state index contributed by atoms with van der Waals surface area (Å²) in [4.78, 5) is 34.5. The fraction of sp³-hybridized carbons (Fsp3) is 0.182. The van der Waals surface area contributed by atoms with Crippen molar-refractivity contribution in [1.82, 2.24) is 10.2 Å². The molecule has 0 saturated carbocycles. The van der Waals surface area contributed by atoms with E-state index in [2.05, 4.69) is 0 Å². The number of halogens is 1. The number of hydrogen-bond donors (Lipinski definition) is 1. The lowest BCUT2D eigenvalue weighted by Gasteiger charge is -2.20. The number of urea groups is 1. The SMILES string of the molecule is CC(c1ccccc1F)N1C(=O)NC(=O)C1=O. The molecule has 0 radical (unpaired) electrons. The van der Waals surface area contributed by atoms with Gasteiger partial charge >= 0.3 is 17.8 Å². The molecule has 1 saturated heterocycles. The Hall–Kier alpha value is -2.24. The van der Waals surface area contributed by atoms with Crippen LogP contribution in [0.4, 0.5) is 9.18 Å². The lowest BCUT2D eigenvalue weighted by molar-refractivity contribution is -0.141. The standard InChI is InChI=1S/C11H9FN2O3/c1-6(7-4-2-3-5-8(7)12)14-10(16)9(15)13-11(14)17/h2-6H,1H3,(H,13,15,17). The molecule has 1 aromatic carbocycles. The van der Waals surface area contributed by atoms with E-state index < -0.39 is 29.7 Å². The minimum atomic E-state index is -0.988. The van der Waals surface area contributed by atoms with E-state index in [1.807, 2.05) is 5.32 Å². The van der Waals surface area contributed by atoms with Gasteiger partial charge in [-0.15, -0.1) is 0 Å². The first-order valence-electron chi connectivity index (χ1n) is 4.95. The lowest BCUT2D eigenvalue weighted by Crippen LogP contribution is -2.34. The van der Waals surface area contributed by atoms with E-state index in [1.54, 1.807) is 6.07 Å². The molecule has 5 nitrogen and oxygen atoms in total. The molecule has 0 spiro atoms. The highest BCUT2D eigenvalue weighted by Gasteiger charge is 2.40. The molecule has 1 N–H and O–H groups in total. The van der Waals surface area contributed by atoms with Crippen molar-refractivity contribution in [1.29, 1.82) is 0 Å². The zero-order valence-electron chi connectivity index (χ0n) is 8.94. The van der Waals surface area contributed by atoms with Gasteiger partial charge in [-0.1, -0.05) is 18.2 Å². The Labute approximate surface area is 96.2 Å². The van der Waals surface area contributed by atoms with Gasteiger partial charge in [0.15, 0.2) is 0 Å². The number of benzene rings is 1. The summed E-state index contributed by atoms with van der Waals surface area (Å²) in [5, 5.41) is 1.86. The maximum absolute atomic E-state index is 13.5. The maximum atomic E-state index is 13.5. The van der Waals surface area contributed by atoms with Gasteiger partial charge in [-0.3, -0.25) is 14.9 Å². The molecule has 1 fully saturated rings. The van der Waals surface area contributed by atoms with E-state index in [9.17, 15) is 18.8 Å². The van der Waals surface area contributed by atoms with Crippen molar-refractivity contribution < 1.29 is 18.8 Å². The highest BCUT2D eigenvalue weighted by Crippen LogP contribution is 2.24. The van der Waals surface area contributed by atoms with Crippen LogP contribution in [0.15, 0.2) is 24.3 Å². The Bertz CT molecular complexity index is 515. The van der Waals surface area contributed by atoms with Crippen molar-refractivity contribution in [3.8, 4) is 0 Å². The molecule has 1 unspecified atom stereocenters. The second-order valence-electron chi connectivity index (χ2n) is 3.63. The molecule has 4 amide bonds. The summed E-state index contributed by atoms with van der Waals surface area (Å²) >= 11 is 0. The van der Waals surface area contributed by atoms with Gasteiger partial charge in [0, 0.05) is 5.56 Å². The van der Waals surface area contributed by atoms with Crippen LogP contribution in [-0.4, -0.2) is 22.7 Å². The molecule has 88 valence electrons. The molecule has 1 aliphatic rings. The molecular weight excluding hydrogens is 227 g/mol. The molecule has 0 bridgehead atoms. The van der Waals surface area contributed by atoms with Crippen LogP contribution in [0.3, 0.4) is 0 Å². The summed E-state index contributed by atoms with van der Waals surface area (Å²) in [7, 11) is 0. The minimum absolute atomic E-state index is 0.186. The van der Waals surface area contributed by atoms with Crippen LogP contribution in [0.2, 0.25) is 0 Å². The second kappa shape index (κ2) is 3.97. The molecule has 0 aromatic heterocycles. The van der Waals surface area contributed by atoms with E-state index in [0.29, 0.717) is 4.90 Å². The largest absolute Gasteiger partial charge is 0.332 e. The molecule has 2 rings (SSSR count).